The average Bonchev–Trinajstić information content (AvgIpc) is 3.20. The third-order valence-electron chi connectivity index (χ3n) is 6.03. The number of hydrogen-bond acceptors (Lipinski definition) is 6. The highest BCUT2D eigenvalue weighted by molar-refractivity contribution is 6.07. The van der Waals surface area contributed by atoms with E-state index in [1.807, 2.05) is 0 Å². The van der Waals surface area contributed by atoms with Gasteiger partial charge >= 0.3 is 0 Å². The summed E-state index contributed by atoms with van der Waals surface area (Å²) in [5.74, 6) is -2.68. The van der Waals surface area contributed by atoms with Crippen molar-refractivity contribution < 1.29 is 28.7 Å². The van der Waals surface area contributed by atoms with Crippen molar-refractivity contribution in [2.75, 3.05) is 14.2 Å². The molecule has 4 amide bonds. The highest BCUT2D eigenvalue weighted by Crippen LogP contribution is 2.54. The van der Waals surface area contributed by atoms with E-state index in [9.17, 15) is 19.2 Å². The summed E-state index contributed by atoms with van der Waals surface area (Å²) in [6.07, 6.45) is -0.278. The van der Waals surface area contributed by atoms with Crippen LogP contribution in [0.15, 0.2) is 0 Å². The van der Waals surface area contributed by atoms with E-state index in [2.05, 4.69) is 0 Å². The zero-order valence-electron chi connectivity index (χ0n) is 15.6. The topological polar surface area (TPSA) is 191 Å². The largest absolute Gasteiger partial charge is 0.496 e. The molecule has 0 spiro atoms. The Labute approximate surface area is 160 Å². The Hall–Kier alpha value is -3.30. The van der Waals surface area contributed by atoms with Crippen molar-refractivity contribution in [2.24, 2.45) is 33.8 Å². The fourth-order valence-corrected chi connectivity index (χ4v) is 4.43. The molecule has 1 aromatic rings. The molecule has 10 heteroatoms. The van der Waals surface area contributed by atoms with Crippen LogP contribution in [0.5, 0.6) is 11.5 Å². The van der Waals surface area contributed by atoms with Crippen LogP contribution in [0.4, 0.5) is 0 Å². The van der Waals surface area contributed by atoms with Gasteiger partial charge in [-0.1, -0.05) is 0 Å². The summed E-state index contributed by atoms with van der Waals surface area (Å²) in [7, 11) is 2.82. The van der Waals surface area contributed by atoms with E-state index in [-0.39, 0.29) is 25.7 Å². The van der Waals surface area contributed by atoms with Crippen LogP contribution in [0.3, 0.4) is 0 Å². The Morgan fingerprint density at radius 3 is 0.964 bits per heavy atom. The van der Waals surface area contributed by atoms with Crippen LogP contribution in [0.2, 0.25) is 0 Å². The van der Waals surface area contributed by atoms with Crippen molar-refractivity contribution in [3.8, 4) is 11.5 Å². The minimum atomic E-state index is -1.61. The minimum Gasteiger partial charge on any atom is -0.496 e. The molecule has 0 aliphatic heterocycles. The van der Waals surface area contributed by atoms with Gasteiger partial charge in [0.05, 0.1) is 14.2 Å². The molecule has 28 heavy (non-hydrogen) atoms. The molecule has 0 unspecified atom stereocenters. The van der Waals surface area contributed by atoms with Crippen LogP contribution in [-0.4, -0.2) is 37.8 Å². The Balaban J connectivity index is 2.27. The first-order chi connectivity index (χ1) is 13.1. The molecule has 8 N–H and O–H groups in total. The number of hydrogen-bond donors (Lipinski definition) is 4. The van der Waals surface area contributed by atoms with Crippen LogP contribution in [0, 0.1) is 10.8 Å². The van der Waals surface area contributed by atoms with Gasteiger partial charge in [-0.2, -0.15) is 0 Å². The third kappa shape index (κ3) is 2.26. The molecular formula is C18H22N4O6. The SMILES string of the molecule is COc1c2c(c(OC)c3c1CC(C(N)=O)(C(N)=O)C3)CC(C(N)=O)(C(N)=O)C2. The van der Waals surface area contributed by atoms with Crippen LogP contribution in [-0.2, 0) is 44.9 Å². The van der Waals surface area contributed by atoms with E-state index in [4.69, 9.17) is 32.4 Å². The predicted octanol–water partition coefficient (Wildman–Crippen LogP) is -2.18. The second-order valence-electron chi connectivity index (χ2n) is 7.31. The molecule has 0 bridgehead atoms. The zero-order valence-corrected chi connectivity index (χ0v) is 15.6. The molecule has 10 nitrogen and oxygen atoms in total. The number of fused-ring (bicyclic) bond motifs is 2. The first-order valence-corrected chi connectivity index (χ1v) is 8.52. The van der Waals surface area contributed by atoms with Crippen molar-refractivity contribution >= 4 is 23.6 Å². The van der Waals surface area contributed by atoms with Gasteiger partial charge in [-0.25, -0.2) is 0 Å². The number of benzene rings is 1. The van der Waals surface area contributed by atoms with Crippen LogP contribution in [0.1, 0.15) is 22.3 Å². The van der Waals surface area contributed by atoms with E-state index in [1.165, 1.54) is 14.2 Å². The molecule has 2 aliphatic carbocycles. The molecule has 0 saturated heterocycles. The van der Waals surface area contributed by atoms with Crippen molar-refractivity contribution in [3.05, 3.63) is 22.3 Å². The monoisotopic (exact) mass is 390 g/mol. The fourth-order valence-electron chi connectivity index (χ4n) is 4.43. The molecule has 3 rings (SSSR count). The van der Waals surface area contributed by atoms with Crippen LogP contribution in [0.25, 0.3) is 0 Å². The lowest BCUT2D eigenvalue weighted by atomic mass is 9.82. The van der Waals surface area contributed by atoms with E-state index in [0.717, 1.165) is 0 Å². The smallest absolute Gasteiger partial charge is 0.233 e. The van der Waals surface area contributed by atoms with E-state index in [1.54, 1.807) is 0 Å². The number of primary amides is 4. The summed E-state index contributed by atoms with van der Waals surface area (Å²) in [6.45, 7) is 0. The maximum absolute atomic E-state index is 12.1. The Morgan fingerprint density at radius 1 is 0.607 bits per heavy atom. The summed E-state index contributed by atoms with van der Waals surface area (Å²) < 4.78 is 11.1. The number of carbonyl (C=O) groups excluding carboxylic acids is 4. The van der Waals surface area contributed by atoms with Crippen molar-refractivity contribution in [3.63, 3.8) is 0 Å². The Bertz CT molecular complexity index is 794. The van der Waals surface area contributed by atoms with E-state index < -0.39 is 34.5 Å². The number of nitrogens with two attached hydrogens (primary N) is 4. The Morgan fingerprint density at radius 2 is 0.821 bits per heavy atom. The summed E-state index contributed by atoms with van der Waals surface area (Å²) in [5, 5.41) is 0. The second kappa shape index (κ2) is 6.11. The van der Waals surface area contributed by atoms with Gasteiger partial charge in [-0.15, -0.1) is 0 Å². The minimum absolute atomic E-state index is 0.0695. The summed E-state index contributed by atoms with van der Waals surface area (Å²) >= 11 is 0. The molecule has 0 saturated carbocycles. The Kier molecular flexibility index (Phi) is 4.25. The third-order valence-corrected chi connectivity index (χ3v) is 6.03. The lowest BCUT2D eigenvalue weighted by Crippen LogP contribution is -2.48. The van der Waals surface area contributed by atoms with Gasteiger partial charge in [0.2, 0.25) is 23.6 Å². The quantitative estimate of drug-likeness (QED) is 0.399. The standard InChI is InChI=1S/C18H22N4O6/c1-27-11-7-3-17(13(19)23,14(20)24)5-9(7)12(28-2)10-6-18(15(21)25,16(22)26)4-8(10)11/h3-6H2,1-2H3,(H2,19,23)(H2,20,24)(H2,21,25)(H2,22,26). The lowest BCUT2D eigenvalue weighted by molar-refractivity contribution is -0.140. The lowest BCUT2D eigenvalue weighted by Gasteiger charge is -2.21. The highest BCUT2D eigenvalue weighted by Gasteiger charge is 2.55. The molecule has 2 aliphatic rings. The van der Waals surface area contributed by atoms with Gasteiger partial charge in [-0.05, 0) is 0 Å². The zero-order chi connectivity index (χ0) is 21.0. The summed E-state index contributed by atoms with van der Waals surface area (Å²) in [4.78, 5) is 48.3. The number of amides is 4. The highest BCUT2D eigenvalue weighted by atomic mass is 16.5. The van der Waals surface area contributed by atoms with Crippen LogP contribution >= 0.6 is 0 Å². The first kappa shape index (κ1) is 19.5. The van der Waals surface area contributed by atoms with Gasteiger partial charge < -0.3 is 32.4 Å². The molecular weight excluding hydrogens is 368 g/mol. The van der Waals surface area contributed by atoms with Crippen molar-refractivity contribution in [2.45, 2.75) is 25.7 Å². The predicted molar refractivity (Wildman–Crippen MR) is 96.0 cm³/mol. The van der Waals surface area contributed by atoms with Gasteiger partial charge in [0.25, 0.3) is 0 Å². The fraction of sp³-hybridized carbons (Fsp3) is 0.444. The van der Waals surface area contributed by atoms with E-state index in [0.29, 0.717) is 33.8 Å². The number of methoxy groups -OCH3 is 2. The molecule has 0 fully saturated rings. The maximum atomic E-state index is 12.1. The van der Waals surface area contributed by atoms with Crippen molar-refractivity contribution in [1.82, 2.24) is 0 Å². The summed E-state index contributed by atoms with van der Waals surface area (Å²) in [5.41, 5.74) is 20.9. The van der Waals surface area contributed by atoms with Gasteiger partial charge in [-0.3, -0.25) is 19.2 Å². The van der Waals surface area contributed by atoms with Crippen LogP contribution < -0.4 is 32.4 Å². The number of carbonyl (C=O) groups is 4. The molecule has 0 heterocycles. The van der Waals surface area contributed by atoms with Gasteiger partial charge in [0, 0.05) is 47.9 Å². The van der Waals surface area contributed by atoms with E-state index >= 15 is 0 Å². The average molecular weight is 390 g/mol. The van der Waals surface area contributed by atoms with Crippen molar-refractivity contribution in [1.29, 1.82) is 0 Å². The number of rotatable bonds is 6. The second-order valence-corrected chi connectivity index (χ2v) is 7.31. The van der Waals surface area contributed by atoms with Gasteiger partial charge in [0.1, 0.15) is 22.3 Å². The molecule has 0 aromatic heterocycles. The maximum Gasteiger partial charge on any atom is 0.233 e. The number of ether oxygens (including phenoxy) is 2. The molecule has 1 aromatic carbocycles. The summed E-state index contributed by atoms with van der Waals surface area (Å²) in [6, 6.07) is 0. The molecule has 0 radical (unpaired) electrons. The molecule has 150 valence electrons. The normalized spacial score (nSPS) is 18.1. The van der Waals surface area contributed by atoms with Gasteiger partial charge in [0.15, 0.2) is 0 Å². The molecule has 0 atom stereocenters. The first-order valence-electron chi connectivity index (χ1n) is 8.52.